The molecule has 0 aliphatic carbocycles. The summed E-state index contributed by atoms with van der Waals surface area (Å²) in [6.45, 7) is 2.68. The van der Waals surface area contributed by atoms with E-state index >= 15 is 0 Å². The third-order valence-electron chi connectivity index (χ3n) is 2.04. The molecule has 1 rings (SSSR count). The zero-order valence-corrected chi connectivity index (χ0v) is 10.0. The number of hydrogen-bond donors (Lipinski definition) is 1. The molecular formula is C12H14N2OS. The number of nitrogens with one attached hydrogen (secondary N) is 1. The van der Waals surface area contributed by atoms with E-state index in [9.17, 15) is 4.79 Å². The Balaban J connectivity index is 2.61. The molecule has 0 atom stereocenters. The lowest BCUT2D eigenvalue weighted by molar-refractivity contribution is -0.117. The number of rotatable bonds is 5. The number of amides is 1. The van der Waals surface area contributed by atoms with Crippen molar-refractivity contribution in [1.82, 2.24) is 5.32 Å². The number of nitriles is 1. The third kappa shape index (κ3) is 3.87. The second-order valence-corrected chi connectivity index (χ2v) is 4.12. The van der Waals surface area contributed by atoms with Crippen LogP contribution in [-0.4, -0.2) is 12.5 Å². The number of nitrogens with zero attached hydrogens (tertiary/aromatic N) is 1. The smallest absolute Gasteiger partial charge is 0.261 e. The van der Waals surface area contributed by atoms with Crippen LogP contribution < -0.4 is 5.32 Å². The molecule has 16 heavy (non-hydrogen) atoms. The molecule has 1 heterocycles. The summed E-state index contributed by atoms with van der Waals surface area (Å²) in [7, 11) is 0. The molecule has 4 heteroatoms. The largest absolute Gasteiger partial charge is 0.351 e. The molecule has 0 aliphatic rings. The second-order valence-electron chi connectivity index (χ2n) is 3.34. The van der Waals surface area contributed by atoms with Crippen LogP contribution >= 0.6 is 11.3 Å². The van der Waals surface area contributed by atoms with Crippen molar-refractivity contribution in [3.63, 3.8) is 0 Å². The molecule has 0 fully saturated rings. The fourth-order valence-corrected chi connectivity index (χ4v) is 1.76. The average molecular weight is 234 g/mol. The Kier molecular flexibility index (Phi) is 5.30. The summed E-state index contributed by atoms with van der Waals surface area (Å²) in [4.78, 5) is 11.6. The number of carbonyl (C=O) groups is 1. The average Bonchev–Trinajstić information content (AvgIpc) is 2.78. The van der Waals surface area contributed by atoms with Crippen LogP contribution in [0.1, 0.15) is 25.3 Å². The lowest BCUT2D eigenvalue weighted by atomic mass is 10.2. The van der Waals surface area contributed by atoms with Crippen LogP contribution in [0.15, 0.2) is 22.4 Å². The van der Waals surface area contributed by atoms with Crippen LogP contribution in [0.3, 0.4) is 0 Å². The van der Waals surface area contributed by atoms with Gasteiger partial charge in [0.2, 0.25) is 0 Å². The van der Waals surface area contributed by atoms with Crippen molar-refractivity contribution in [3.8, 4) is 6.07 Å². The minimum Gasteiger partial charge on any atom is -0.351 e. The van der Waals surface area contributed by atoms with Crippen molar-refractivity contribution in [3.05, 3.63) is 28.0 Å². The normalized spacial score (nSPS) is 10.9. The fourth-order valence-electron chi connectivity index (χ4n) is 1.15. The molecule has 0 saturated heterocycles. The zero-order valence-electron chi connectivity index (χ0n) is 9.19. The Labute approximate surface area is 99.4 Å². The molecule has 0 unspecified atom stereocenters. The molecule has 0 bridgehead atoms. The summed E-state index contributed by atoms with van der Waals surface area (Å²) in [5, 5.41) is 15.4. The predicted molar refractivity (Wildman–Crippen MR) is 65.8 cm³/mol. The first-order chi connectivity index (χ1) is 7.77. The summed E-state index contributed by atoms with van der Waals surface area (Å²) in [6, 6.07) is 3.80. The predicted octanol–water partition coefficient (Wildman–Crippen LogP) is 2.57. The van der Waals surface area contributed by atoms with Gasteiger partial charge in [-0.3, -0.25) is 4.79 Å². The molecule has 1 N–H and O–H groups in total. The number of hydrogen-bond acceptors (Lipinski definition) is 3. The van der Waals surface area contributed by atoms with Crippen molar-refractivity contribution < 1.29 is 4.79 Å². The highest BCUT2D eigenvalue weighted by atomic mass is 32.1. The Morgan fingerprint density at radius 2 is 2.50 bits per heavy atom. The molecule has 1 aromatic heterocycles. The highest BCUT2D eigenvalue weighted by molar-refractivity contribution is 7.08. The van der Waals surface area contributed by atoms with Gasteiger partial charge in [0.1, 0.15) is 11.6 Å². The van der Waals surface area contributed by atoms with Gasteiger partial charge in [0, 0.05) is 6.54 Å². The Bertz CT molecular complexity index is 401. The van der Waals surface area contributed by atoms with E-state index in [-0.39, 0.29) is 11.5 Å². The highest BCUT2D eigenvalue weighted by Crippen LogP contribution is 2.10. The molecule has 0 aromatic carbocycles. The molecule has 0 spiro atoms. The first-order valence-corrected chi connectivity index (χ1v) is 6.14. The van der Waals surface area contributed by atoms with Crippen molar-refractivity contribution in [2.75, 3.05) is 6.54 Å². The van der Waals surface area contributed by atoms with E-state index in [0.717, 1.165) is 18.4 Å². The maximum atomic E-state index is 11.6. The van der Waals surface area contributed by atoms with Crippen LogP contribution in [0.4, 0.5) is 0 Å². The fraction of sp³-hybridized carbons (Fsp3) is 0.333. The van der Waals surface area contributed by atoms with Crippen molar-refractivity contribution >= 4 is 23.3 Å². The van der Waals surface area contributed by atoms with Gasteiger partial charge in [0.15, 0.2) is 0 Å². The number of carbonyl (C=O) groups excluding carboxylic acids is 1. The Morgan fingerprint density at radius 1 is 1.69 bits per heavy atom. The van der Waals surface area contributed by atoms with Crippen LogP contribution in [-0.2, 0) is 4.79 Å². The maximum absolute atomic E-state index is 11.6. The van der Waals surface area contributed by atoms with Crippen LogP contribution in [0.5, 0.6) is 0 Å². The molecular weight excluding hydrogens is 220 g/mol. The Morgan fingerprint density at radius 3 is 3.06 bits per heavy atom. The zero-order chi connectivity index (χ0) is 11.8. The van der Waals surface area contributed by atoms with Crippen molar-refractivity contribution in [2.45, 2.75) is 19.8 Å². The molecule has 3 nitrogen and oxygen atoms in total. The van der Waals surface area contributed by atoms with E-state index < -0.39 is 0 Å². The van der Waals surface area contributed by atoms with Gasteiger partial charge in [-0.25, -0.2) is 0 Å². The number of unbranched alkanes of at least 4 members (excludes halogenated alkanes) is 1. The van der Waals surface area contributed by atoms with E-state index in [2.05, 4.69) is 12.2 Å². The Hall–Kier alpha value is -1.60. The molecule has 0 radical (unpaired) electrons. The van der Waals surface area contributed by atoms with Crippen LogP contribution in [0, 0.1) is 11.3 Å². The molecule has 84 valence electrons. The molecule has 1 aromatic rings. The van der Waals surface area contributed by atoms with Gasteiger partial charge in [-0.15, -0.1) is 0 Å². The summed E-state index contributed by atoms with van der Waals surface area (Å²) in [6.07, 6.45) is 3.57. The lowest BCUT2D eigenvalue weighted by Crippen LogP contribution is -2.25. The molecule has 0 saturated carbocycles. The summed E-state index contributed by atoms with van der Waals surface area (Å²) < 4.78 is 0. The SMILES string of the molecule is CCCCNC(=O)C(C#N)=Cc1ccsc1. The van der Waals surface area contributed by atoms with Gasteiger partial charge in [0.05, 0.1) is 0 Å². The van der Waals surface area contributed by atoms with E-state index in [1.165, 1.54) is 11.3 Å². The van der Waals surface area contributed by atoms with E-state index in [1.54, 1.807) is 6.08 Å². The van der Waals surface area contributed by atoms with Gasteiger partial charge in [0.25, 0.3) is 5.91 Å². The van der Waals surface area contributed by atoms with Gasteiger partial charge >= 0.3 is 0 Å². The summed E-state index contributed by atoms with van der Waals surface area (Å²) in [5.41, 5.74) is 1.06. The van der Waals surface area contributed by atoms with E-state index in [0.29, 0.717) is 6.54 Å². The van der Waals surface area contributed by atoms with Gasteiger partial charge < -0.3 is 5.32 Å². The quantitative estimate of drug-likeness (QED) is 0.483. The van der Waals surface area contributed by atoms with E-state index in [1.807, 2.05) is 22.9 Å². The topological polar surface area (TPSA) is 52.9 Å². The number of thiophene rings is 1. The van der Waals surface area contributed by atoms with Crippen molar-refractivity contribution in [1.29, 1.82) is 5.26 Å². The first kappa shape index (κ1) is 12.5. The van der Waals surface area contributed by atoms with E-state index in [4.69, 9.17) is 5.26 Å². The third-order valence-corrected chi connectivity index (χ3v) is 2.74. The standard InChI is InChI=1S/C12H14N2OS/c1-2-3-5-14-12(15)11(8-13)7-10-4-6-16-9-10/h4,6-7,9H,2-3,5H2,1H3,(H,14,15). The summed E-state index contributed by atoms with van der Waals surface area (Å²) in [5.74, 6) is -0.290. The first-order valence-electron chi connectivity index (χ1n) is 5.20. The molecule has 1 amide bonds. The monoisotopic (exact) mass is 234 g/mol. The minimum absolute atomic E-state index is 0.162. The van der Waals surface area contributed by atoms with Crippen LogP contribution in [0.25, 0.3) is 6.08 Å². The van der Waals surface area contributed by atoms with Gasteiger partial charge in [-0.2, -0.15) is 16.6 Å². The highest BCUT2D eigenvalue weighted by Gasteiger charge is 2.07. The van der Waals surface area contributed by atoms with Gasteiger partial charge in [-0.1, -0.05) is 13.3 Å². The summed E-state index contributed by atoms with van der Waals surface area (Å²) >= 11 is 1.54. The lowest BCUT2D eigenvalue weighted by Gasteiger charge is -2.01. The van der Waals surface area contributed by atoms with Crippen molar-refractivity contribution in [2.24, 2.45) is 0 Å². The molecule has 0 aliphatic heterocycles. The van der Waals surface area contributed by atoms with Crippen LogP contribution in [0.2, 0.25) is 0 Å². The minimum atomic E-state index is -0.290. The second kappa shape index (κ2) is 6.81. The maximum Gasteiger partial charge on any atom is 0.261 e. The van der Waals surface area contributed by atoms with Gasteiger partial charge in [-0.05, 0) is 34.9 Å².